The SMILES string of the molecule is COc1ccc(C(=O)NCC(NC(=O)C2CCN(C(=O)C=Cc3ccc(SC)c(Cl)c3Cl)CC2)C(=O)O)cc1. The van der Waals surface area contributed by atoms with Gasteiger partial charge in [0.05, 0.1) is 17.2 Å². The third-order valence-electron chi connectivity index (χ3n) is 6.31. The van der Waals surface area contributed by atoms with Gasteiger partial charge in [-0.2, -0.15) is 0 Å². The van der Waals surface area contributed by atoms with E-state index in [-0.39, 0.29) is 12.5 Å². The first-order valence-corrected chi connectivity index (χ1v) is 14.1. The van der Waals surface area contributed by atoms with Crippen molar-refractivity contribution in [1.82, 2.24) is 15.5 Å². The summed E-state index contributed by atoms with van der Waals surface area (Å²) in [4.78, 5) is 51.9. The molecular formula is C27H29Cl2N3O6S. The molecule has 3 rings (SSSR count). The number of ether oxygens (including phenoxy) is 1. The molecule has 2 aromatic rings. The largest absolute Gasteiger partial charge is 0.497 e. The highest BCUT2D eigenvalue weighted by Crippen LogP contribution is 2.35. The number of aliphatic carboxylic acids is 1. The van der Waals surface area contributed by atoms with Gasteiger partial charge in [0.25, 0.3) is 5.91 Å². The van der Waals surface area contributed by atoms with Crippen molar-refractivity contribution >= 4 is 64.7 Å². The lowest BCUT2D eigenvalue weighted by Crippen LogP contribution is -2.51. The van der Waals surface area contributed by atoms with Crippen molar-refractivity contribution in [3.8, 4) is 5.75 Å². The third-order valence-corrected chi connectivity index (χ3v) is 8.10. The fourth-order valence-electron chi connectivity index (χ4n) is 3.99. The van der Waals surface area contributed by atoms with Crippen LogP contribution in [0.15, 0.2) is 47.4 Å². The van der Waals surface area contributed by atoms with E-state index in [0.29, 0.717) is 52.9 Å². The number of rotatable bonds is 10. The van der Waals surface area contributed by atoms with Crippen LogP contribution >= 0.6 is 35.0 Å². The average molecular weight is 595 g/mol. The molecule has 3 N–H and O–H groups in total. The van der Waals surface area contributed by atoms with Crippen molar-refractivity contribution in [2.45, 2.75) is 23.8 Å². The van der Waals surface area contributed by atoms with Gasteiger partial charge in [0.1, 0.15) is 11.8 Å². The van der Waals surface area contributed by atoms with Crippen LogP contribution < -0.4 is 15.4 Å². The van der Waals surface area contributed by atoms with Gasteiger partial charge in [-0.25, -0.2) is 4.79 Å². The fraction of sp³-hybridized carbons (Fsp3) is 0.333. The molecule has 12 heteroatoms. The van der Waals surface area contributed by atoms with E-state index in [1.807, 2.05) is 12.3 Å². The van der Waals surface area contributed by atoms with E-state index in [9.17, 15) is 24.3 Å². The highest BCUT2D eigenvalue weighted by atomic mass is 35.5. The lowest BCUT2D eigenvalue weighted by molar-refractivity contribution is -0.142. The van der Waals surface area contributed by atoms with Crippen molar-refractivity contribution in [3.05, 3.63) is 63.6 Å². The number of halogens is 2. The monoisotopic (exact) mass is 593 g/mol. The lowest BCUT2D eigenvalue weighted by atomic mass is 9.95. The molecule has 1 aliphatic rings. The van der Waals surface area contributed by atoms with E-state index in [0.717, 1.165) is 4.90 Å². The zero-order valence-electron chi connectivity index (χ0n) is 21.4. The predicted molar refractivity (Wildman–Crippen MR) is 151 cm³/mol. The Morgan fingerprint density at radius 3 is 2.36 bits per heavy atom. The van der Waals surface area contributed by atoms with Crippen molar-refractivity contribution < 1.29 is 29.0 Å². The molecule has 1 aliphatic heterocycles. The fourth-order valence-corrected chi connectivity index (χ4v) is 5.16. The molecule has 1 fully saturated rings. The molecule has 9 nitrogen and oxygen atoms in total. The molecular weight excluding hydrogens is 565 g/mol. The summed E-state index contributed by atoms with van der Waals surface area (Å²) in [6, 6.07) is 8.67. The van der Waals surface area contributed by atoms with Gasteiger partial charge in [-0.1, -0.05) is 29.3 Å². The smallest absolute Gasteiger partial charge is 0.328 e. The lowest BCUT2D eigenvalue weighted by Gasteiger charge is -2.31. The van der Waals surface area contributed by atoms with Crippen LogP contribution in [0.5, 0.6) is 5.75 Å². The number of carboxylic acid groups (broad SMARTS) is 1. The topological polar surface area (TPSA) is 125 Å². The van der Waals surface area contributed by atoms with Crippen LogP contribution in [-0.2, 0) is 14.4 Å². The molecule has 0 radical (unpaired) electrons. The molecule has 1 saturated heterocycles. The molecule has 0 spiro atoms. The number of hydrogen-bond acceptors (Lipinski definition) is 6. The Kier molecular flexibility index (Phi) is 11.1. The van der Waals surface area contributed by atoms with Crippen LogP contribution in [0.25, 0.3) is 6.08 Å². The van der Waals surface area contributed by atoms with Gasteiger partial charge in [0.2, 0.25) is 11.8 Å². The predicted octanol–water partition coefficient (Wildman–Crippen LogP) is 3.98. The number of hydrogen-bond donors (Lipinski definition) is 3. The first-order chi connectivity index (χ1) is 18.6. The Morgan fingerprint density at radius 2 is 1.77 bits per heavy atom. The molecule has 3 amide bonds. The van der Waals surface area contributed by atoms with E-state index < -0.39 is 29.7 Å². The number of nitrogens with one attached hydrogen (secondary N) is 2. The first kappa shape index (κ1) is 30.3. The first-order valence-electron chi connectivity index (χ1n) is 12.1. The summed E-state index contributed by atoms with van der Waals surface area (Å²) in [5, 5.41) is 15.4. The maximum Gasteiger partial charge on any atom is 0.328 e. The summed E-state index contributed by atoms with van der Waals surface area (Å²) < 4.78 is 5.05. The second kappa shape index (κ2) is 14.3. The van der Waals surface area contributed by atoms with Crippen molar-refractivity contribution in [3.63, 3.8) is 0 Å². The molecule has 1 heterocycles. The van der Waals surface area contributed by atoms with Gasteiger partial charge in [-0.05, 0) is 61.1 Å². The van der Waals surface area contributed by atoms with E-state index >= 15 is 0 Å². The van der Waals surface area contributed by atoms with Gasteiger partial charge in [-0.15, -0.1) is 11.8 Å². The zero-order valence-corrected chi connectivity index (χ0v) is 23.7. The second-order valence-electron chi connectivity index (χ2n) is 8.76. The highest BCUT2D eigenvalue weighted by Gasteiger charge is 2.30. The number of thioether (sulfide) groups is 1. The molecule has 1 unspecified atom stereocenters. The van der Waals surface area contributed by atoms with E-state index in [1.54, 1.807) is 41.3 Å². The summed E-state index contributed by atoms with van der Waals surface area (Å²) >= 11 is 14.0. The Bertz CT molecular complexity index is 1250. The molecule has 1 atom stereocenters. The van der Waals surface area contributed by atoms with Crippen LogP contribution in [-0.4, -0.2) is 72.7 Å². The van der Waals surface area contributed by atoms with Crippen LogP contribution in [0.3, 0.4) is 0 Å². The van der Waals surface area contributed by atoms with Crippen molar-refractivity contribution in [1.29, 1.82) is 0 Å². The Hall–Kier alpha value is -3.21. The zero-order chi connectivity index (χ0) is 28.5. The van der Waals surface area contributed by atoms with Crippen LogP contribution in [0, 0.1) is 5.92 Å². The van der Waals surface area contributed by atoms with Gasteiger partial charge in [0, 0.05) is 42.1 Å². The Labute approximate surface area is 240 Å². The Morgan fingerprint density at radius 1 is 1.10 bits per heavy atom. The van der Waals surface area contributed by atoms with Gasteiger partial charge >= 0.3 is 5.97 Å². The summed E-state index contributed by atoms with van der Waals surface area (Å²) in [7, 11) is 1.51. The van der Waals surface area contributed by atoms with Crippen LogP contribution in [0.1, 0.15) is 28.8 Å². The summed E-state index contributed by atoms with van der Waals surface area (Å²) in [5.74, 6) is -2.26. The Balaban J connectivity index is 1.49. The number of benzene rings is 2. The normalized spacial score (nSPS) is 14.6. The number of carbonyl (C=O) groups excluding carboxylic acids is 3. The highest BCUT2D eigenvalue weighted by molar-refractivity contribution is 7.98. The average Bonchev–Trinajstić information content (AvgIpc) is 2.95. The number of methoxy groups -OCH3 is 1. The third kappa shape index (κ3) is 8.14. The minimum absolute atomic E-state index is 0.223. The molecule has 0 aromatic heterocycles. The van der Waals surface area contributed by atoms with Crippen LogP contribution in [0.2, 0.25) is 10.0 Å². The summed E-state index contributed by atoms with van der Waals surface area (Å²) in [6.45, 7) is 0.402. The number of amides is 3. The minimum Gasteiger partial charge on any atom is -0.497 e. The molecule has 0 aliphatic carbocycles. The maximum atomic E-state index is 12.8. The molecule has 0 bridgehead atoms. The molecule has 2 aromatic carbocycles. The summed E-state index contributed by atoms with van der Waals surface area (Å²) in [5.41, 5.74) is 0.959. The van der Waals surface area contributed by atoms with E-state index in [4.69, 9.17) is 27.9 Å². The van der Waals surface area contributed by atoms with Crippen LogP contribution in [0.4, 0.5) is 0 Å². The second-order valence-corrected chi connectivity index (χ2v) is 10.4. The number of piperidine rings is 1. The number of carbonyl (C=O) groups is 4. The summed E-state index contributed by atoms with van der Waals surface area (Å²) in [6.07, 6.45) is 5.68. The van der Waals surface area contributed by atoms with E-state index in [1.165, 1.54) is 24.9 Å². The molecule has 0 saturated carbocycles. The standard InChI is InChI=1S/C27H29Cl2N3O6S/c1-38-19-7-3-17(4-8-19)25(34)30-15-20(27(36)37)31-26(35)18-11-13-32(14-12-18)22(33)10-6-16-5-9-21(39-2)24(29)23(16)28/h3-10,18,20H,11-15H2,1-2H3,(H,30,34)(H,31,35)(H,36,37). The van der Waals surface area contributed by atoms with Gasteiger partial charge in [-0.3, -0.25) is 14.4 Å². The van der Waals surface area contributed by atoms with E-state index in [2.05, 4.69) is 10.6 Å². The number of likely N-dealkylation sites (tertiary alicyclic amines) is 1. The van der Waals surface area contributed by atoms with Gasteiger partial charge < -0.3 is 25.4 Å². The minimum atomic E-state index is -1.30. The van der Waals surface area contributed by atoms with Crippen molar-refractivity contribution in [2.24, 2.45) is 5.92 Å². The number of nitrogens with zero attached hydrogens (tertiary/aromatic N) is 1. The van der Waals surface area contributed by atoms with Gasteiger partial charge in [0.15, 0.2) is 0 Å². The van der Waals surface area contributed by atoms with Crippen molar-refractivity contribution in [2.75, 3.05) is 33.0 Å². The number of carboxylic acids is 1. The maximum absolute atomic E-state index is 12.8. The molecule has 39 heavy (non-hydrogen) atoms. The quantitative estimate of drug-likeness (QED) is 0.281. The molecule has 208 valence electrons.